The van der Waals surface area contributed by atoms with Gasteiger partial charge < -0.3 is 15.5 Å². The molecule has 6 nitrogen and oxygen atoms in total. The van der Waals surface area contributed by atoms with E-state index in [2.05, 4.69) is 25.5 Å². The molecule has 134 valence electrons. The van der Waals surface area contributed by atoms with Gasteiger partial charge in [-0.05, 0) is 51.2 Å². The van der Waals surface area contributed by atoms with Crippen LogP contribution in [0.5, 0.6) is 0 Å². The second-order valence-electron chi connectivity index (χ2n) is 6.01. The fourth-order valence-electron chi connectivity index (χ4n) is 2.25. The Bertz CT molecular complexity index is 675. The summed E-state index contributed by atoms with van der Waals surface area (Å²) >= 11 is 5.97. The molecule has 7 heteroatoms. The SMILES string of the molecule is CN(C)CCCNC(=O)c1cnc(NCCc2cccc(Cl)c2)cn1. The molecule has 0 bridgehead atoms. The molecule has 0 aliphatic rings. The maximum atomic E-state index is 12.0. The predicted molar refractivity (Wildman–Crippen MR) is 101 cm³/mol. The van der Waals surface area contributed by atoms with Gasteiger partial charge in [-0.2, -0.15) is 0 Å². The molecule has 0 radical (unpaired) electrons. The molecule has 0 saturated carbocycles. The number of nitrogens with zero attached hydrogens (tertiary/aromatic N) is 3. The Balaban J connectivity index is 1.74. The summed E-state index contributed by atoms with van der Waals surface area (Å²) < 4.78 is 0. The Morgan fingerprint density at radius 3 is 2.72 bits per heavy atom. The smallest absolute Gasteiger partial charge is 0.271 e. The molecule has 0 fully saturated rings. The summed E-state index contributed by atoms with van der Waals surface area (Å²) in [5.41, 5.74) is 1.48. The van der Waals surface area contributed by atoms with E-state index < -0.39 is 0 Å². The zero-order valence-electron chi connectivity index (χ0n) is 14.6. The zero-order valence-corrected chi connectivity index (χ0v) is 15.4. The lowest BCUT2D eigenvalue weighted by atomic mass is 10.1. The van der Waals surface area contributed by atoms with Crippen molar-refractivity contribution in [1.82, 2.24) is 20.2 Å². The van der Waals surface area contributed by atoms with Crippen LogP contribution in [0, 0.1) is 0 Å². The number of anilines is 1. The Hall–Kier alpha value is -2.18. The highest BCUT2D eigenvalue weighted by Gasteiger charge is 2.07. The summed E-state index contributed by atoms with van der Waals surface area (Å²) in [6.07, 6.45) is 4.79. The Morgan fingerprint density at radius 1 is 1.20 bits per heavy atom. The van der Waals surface area contributed by atoms with E-state index in [1.165, 1.54) is 6.20 Å². The predicted octanol–water partition coefficient (Wildman–Crippen LogP) is 2.47. The molecule has 25 heavy (non-hydrogen) atoms. The molecule has 0 aliphatic heterocycles. The van der Waals surface area contributed by atoms with E-state index in [1.54, 1.807) is 6.20 Å². The summed E-state index contributed by atoms with van der Waals surface area (Å²) in [5.74, 6) is 0.447. The molecular formula is C18H24ClN5O. The minimum absolute atomic E-state index is 0.197. The monoisotopic (exact) mass is 361 g/mol. The quantitative estimate of drug-likeness (QED) is 0.671. The Morgan fingerprint density at radius 2 is 2.04 bits per heavy atom. The molecule has 2 N–H and O–H groups in total. The first-order valence-electron chi connectivity index (χ1n) is 8.28. The molecule has 1 amide bonds. The highest BCUT2D eigenvalue weighted by Crippen LogP contribution is 2.11. The van der Waals surface area contributed by atoms with Crippen molar-refractivity contribution in [2.24, 2.45) is 0 Å². The molecule has 1 aromatic carbocycles. The number of amides is 1. The molecule has 0 aliphatic carbocycles. The van der Waals surface area contributed by atoms with Crippen LogP contribution in [0.3, 0.4) is 0 Å². The molecule has 0 spiro atoms. The number of hydrogen-bond acceptors (Lipinski definition) is 5. The molecule has 2 rings (SSSR count). The van der Waals surface area contributed by atoms with E-state index in [0.717, 1.165) is 30.0 Å². The van der Waals surface area contributed by atoms with Crippen molar-refractivity contribution in [3.63, 3.8) is 0 Å². The van der Waals surface area contributed by atoms with Crippen LogP contribution in [-0.2, 0) is 6.42 Å². The summed E-state index contributed by atoms with van der Waals surface area (Å²) in [7, 11) is 4.01. The van der Waals surface area contributed by atoms with Gasteiger partial charge in [0, 0.05) is 18.1 Å². The summed E-state index contributed by atoms with van der Waals surface area (Å²) in [5, 5.41) is 6.77. The van der Waals surface area contributed by atoms with Gasteiger partial charge in [-0.25, -0.2) is 9.97 Å². The first-order chi connectivity index (χ1) is 12.0. The van der Waals surface area contributed by atoms with Crippen molar-refractivity contribution in [1.29, 1.82) is 0 Å². The third-order valence-electron chi connectivity index (χ3n) is 3.56. The van der Waals surface area contributed by atoms with Gasteiger partial charge in [-0.1, -0.05) is 23.7 Å². The highest BCUT2D eigenvalue weighted by atomic mass is 35.5. The lowest BCUT2D eigenvalue weighted by molar-refractivity contribution is 0.0947. The molecule has 0 unspecified atom stereocenters. The van der Waals surface area contributed by atoms with Crippen molar-refractivity contribution in [2.45, 2.75) is 12.8 Å². The van der Waals surface area contributed by atoms with Gasteiger partial charge in [0.15, 0.2) is 0 Å². The zero-order chi connectivity index (χ0) is 18.1. The first kappa shape index (κ1) is 19.1. The van der Waals surface area contributed by atoms with Gasteiger partial charge in [0.2, 0.25) is 0 Å². The third-order valence-corrected chi connectivity index (χ3v) is 3.80. The van der Waals surface area contributed by atoms with E-state index in [1.807, 2.05) is 38.4 Å². The molecule has 2 aromatic rings. The average Bonchev–Trinajstić information content (AvgIpc) is 2.59. The van der Waals surface area contributed by atoms with Crippen molar-refractivity contribution in [3.8, 4) is 0 Å². The fraction of sp³-hybridized carbons (Fsp3) is 0.389. The summed E-state index contributed by atoms with van der Waals surface area (Å²) in [4.78, 5) is 22.5. The summed E-state index contributed by atoms with van der Waals surface area (Å²) in [6.45, 7) is 2.27. The van der Waals surface area contributed by atoms with Gasteiger partial charge >= 0.3 is 0 Å². The maximum Gasteiger partial charge on any atom is 0.271 e. The van der Waals surface area contributed by atoms with Gasteiger partial charge in [-0.15, -0.1) is 0 Å². The van der Waals surface area contributed by atoms with Crippen LogP contribution < -0.4 is 10.6 Å². The second kappa shape index (κ2) is 9.96. The first-order valence-corrected chi connectivity index (χ1v) is 8.65. The van der Waals surface area contributed by atoms with Crippen LogP contribution in [0.25, 0.3) is 0 Å². The lowest BCUT2D eigenvalue weighted by Gasteiger charge is -2.10. The number of halogens is 1. The number of carbonyl (C=O) groups excluding carboxylic acids is 1. The van der Waals surface area contributed by atoms with Gasteiger partial charge in [0.25, 0.3) is 5.91 Å². The van der Waals surface area contributed by atoms with Gasteiger partial charge in [0.1, 0.15) is 11.5 Å². The minimum atomic E-state index is -0.197. The Labute approximate surface area is 153 Å². The number of aromatic nitrogens is 2. The van der Waals surface area contributed by atoms with E-state index in [4.69, 9.17) is 11.6 Å². The van der Waals surface area contributed by atoms with Crippen LogP contribution in [0.4, 0.5) is 5.82 Å². The van der Waals surface area contributed by atoms with Crippen molar-refractivity contribution >= 4 is 23.3 Å². The topological polar surface area (TPSA) is 70.2 Å². The maximum absolute atomic E-state index is 12.0. The van der Waals surface area contributed by atoms with Crippen LogP contribution in [-0.4, -0.2) is 54.5 Å². The molecule has 0 atom stereocenters. The standard InChI is InChI=1S/C18H24ClN5O/c1-24(2)10-4-8-21-18(25)16-12-23-17(13-22-16)20-9-7-14-5-3-6-15(19)11-14/h3,5-6,11-13H,4,7-10H2,1-2H3,(H,20,23)(H,21,25). The molecular weight excluding hydrogens is 338 g/mol. The van der Waals surface area contributed by atoms with Crippen LogP contribution in [0.1, 0.15) is 22.5 Å². The molecule has 0 saturated heterocycles. The third kappa shape index (κ3) is 7.07. The largest absolute Gasteiger partial charge is 0.368 e. The van der Waals surface area contributed by atoms with Crippen LogP contribution in [0.15, 0.2) is 36.7 Å². The second-order valence-corrected chi connectivity index (χ2v) is 6.44. The molecule has 1 heterocycles. The van der Waals surface area contributed by atoms with E-state index in [0.29, 0.717) is 24.6 Å². The normalized spacial score (nSPS) is 10.7. The number of hydrogen-bond donors (Lipinski definition) is 2. The number of benzene rings is 1. The average molecular weight is 362 g/mol. The minimum Gasteiger partial charge on any atom is -0.368 e. The number of rotatable bonds is 9. The van der Waals surface area contributed by atoms with Gasteiger partial charge in [-0.3, -0.25) is 4.79 Å². The van der Waals surface area contributed by atoms with Gasteiger partial charge in [0.05, 0.1) is 12.4 Å². The van der Waals surface area contributed by atoms with Crippen molar-refractivity contribution < 1.29 is 4.79 Å². The van der Waals surface area contributed by atoms with Crippen molar-refractivity contribution in [2.75, 3.05) is 39.0 Å². The lowest BCUT2D eigenvalue weighted by Crippen LogP contribution is -2.27. The number of nitrogens with one attached hydrogen (secondary N) is 2. The van der Waals surface area contributed by atoms with E-state index in [9.17, 15) is 4.79 Å². The van der Waals surface area contributed by atoms with Crippen LogP contribution in [0.2, 0.25) is 5.02 Å². The van der Waals surface area contributed by atoms with Crippen molar-refractivity contribution in [3.05, 3.63) is 52.9 Å². The highest BCUT2D eigenvalue weighted by molar-refractivity contribution is 6.30. The van der Waals surface area contributed by atoms with E-state index >= 15 is 0 Å². The molecule has 1 aromatic heterocycles. The number of carbonyl (C=O) groups is 1. The summed E-state index contributed by atoms with van der Waals surface area (Å²) in [6, 6.07) is 7.76. The van der Waals surface area contributed by atoms with Crippen LogP contribution >= 0.6 is 11.6 Å². The Kier molecular flexibility index (Phi) is 7.63. The fourth-order valence-corrected chi connectivity index (χ4v) is 2.46. The van der Waals surface area contributed by atoms with E-state index in [-0.39, 0.29) is 5.91 Å².